The fourth-order valence-electron chi connectivity index (χ4n) is 3.37. The van der Waals surface area contributed by atoms with Crippen LogP contribution in [0.3, 0.4) is 0 Å². The third-order valence-corrected chi connectivity index (χ3v) is 7.40. The van der Waals surface area contributed by atoms with Gasteiger partial charge in [0.1, 0.15) is 0 Å². The molecular weight excluding hydrogens is 500 g/mol. The zero-order valence-electron chi connectivity index (χ0n) is 17.5. The summed E-state index contributed by atoms with van der Waals surface area (Å²) in [5, 5.41) is 9.51. The lowest BCUT2D eigenvalue weighted by atomic mass is 9.79. The predicted octanol–water partition coefficient (Wildman–Crippen LogP) is 5.04. The summed E-state index contributed by atoms with van der Waals surface area (Å²) in [6.07, 6.45) is 2.86. The van der Waals surface area contributed by atoms with E-state index in [1.165, 1.54) is 0 Å². The molecular formula is C20H25BIN3O3S. The van der Waals surface area contributed by atoms with Crippen molar-refractivity contribution in [2.24, 2.45) is 5.92 Å². The minimum atomic E-state index is -0.429. The van der Waals surface area contributed by atoms with Crippen molar-refractivity contribution in [3.8, 4) is 11.5 Å². The van der Waals surface area contributed by atoms with Gasteiger partial charge in [-0.2, -0.15) is 0 Å². The summed E-state index contributed by atoms with van der Waals surface area (Å²) in [5.41, 5.74) is 2.22. The first kappa shape index (κ1) is 21.2. The molecule has 0 amide bonds. The lowest BCUT2D eigenvalue weighted by molar-refractivity contribution is 0.00578. The van der Waals surface area contributed by atoms with E-state index in [9.17, 15) is 0 Å². The van der Waals surface area contributed by atoms with Gasteiger partial charge in [0.2, 0.25) is 11.8 Å². The van der Waals surface area contributed by atoms with Crippen LogP contribution in [0.1, 0.15) is 47.4 Å². The molecule has 0 unspecified atom stereocenters. The summed E-state index contributed by atoms with van der Waals surface area (Å²) >= 11 is 2.28. The van der Waals surface area contributed by atoms with Gasteiger partial charge in [0.25, 0.3) is 0 Å². The van der Waals surface area contributed by atoms with E-state index >= 15 is 0 Å². The van der Waals surface area contributed by atoms with E-state index in [0.29, 0.717) is 17.7 Å². The molecule has 29 heavy (non-hydrogen) atoms. The van der Waals surface area contributed by atoms with E-state index in [2.05, 4.69) is 95.2 Å². The number of hydrogen-bond acceptors (Lipinski definition) is 6. The molecule has 0 radical (unpaired) electrons. The molecule has 154 valence electrons. The summed E-state index contributed by atoms with van der Waals surface area (Å²) in [6.45, 7) is 12.5. The van der Waals surface area contributed by atoms with Crippen molar-refractivity contribution in [3.63, 3.8) is 0 Å². The van der Waals surface area contributed by atoms with Crippen molar-refractivity contribution < 1.29 is 13.7 Å². The van der Waals surface area contributed by atoms with Gasteiger partial charge >= 0.3 is 7.12 Å². The van der Waals surface area contributed by atoms with Crippen LogP contribution in [0.25, 0.3) is 22.4 Å². The number of benzene rings is 1. The van der Waals surface area contributed by atoms with Crippen LogP contribution in [0, 0.1) is 5.92 Å². The number of halogens is 1. The second-order valence-electron chi connectivity index (χ2n) is 8.90. The van der Waals surface area contributed by atoms with Gasteiger partial charge in [0.05, 0.1) is 16.7 Å². The number of fused-ring (bicyclic) bond motifs is 1. The average Bonchev–Trinajstić information content (AvgIpc) is 3.28. The van der Waals surface area contributed by atoms with Crippen molar-refractivity contribution in [3.05, 3.63) is 30.3 Å². The molecule has 3 aromatic rings. The van der Waals surface area contributed by atoms with Crippen LogP contribution in [-0.2, 0) is 15.7 Å². The van der Waals surface area contributed by atoms with Gasteiger partial charge in [-0.1, -0.05) is 13.8 Å². The lowest BCUT2D eigenvalue weighted by Crippen LogP contribution is -2.41. The Bertz CT molecular complexity index is 1030. The lowest BCUT2D eigenvalue weighted by Gasteiger charge is -2.32. The van der Waals surface area contributed by atoms with Crippen LogP contribution in [-0.4, -0.2) is 32.5 Å². The van der Waals surface area contributed by atoms with E-state index in [4.69, 9.17) is 13.7 Å². The maximum Gasteiger partial charge on any atom is 0.497 e. The van der Waals surface area contributed by atoms with Crippen molar-refractivity contribution >= 4 is 53.8 Å². The SMILES string of the molecule is CC(C)Cc1nnc(-c2ccc3c(c2)c(B2OC(C)(C)C(C)(C)O2)cn3SI)o1. The third-order valence-electron chi connectivity index (χ3n) is 5.68. The second-order valence-corrected chi connectivity index (χ2v) is 10.6. The Hall–Kier alpha value is -1.04. The summed E-state index contributed by atoms with van der Waals surface area (Å²) < 4.78 is 20.6. The molecule has 0 bridgehead atoms. The Kier molecular flexibility index (Phi) is 5.54. The molecule has 3 heterocycles. The molecule has 0 aliphatic carbocycles. The molecule has 1 fully saturated rings. The smallest absolute Gasteiger partial charge is 0.421 e. The van der Waals surface area contributed by atoms with Crippen molar-refractivity contribution in [2.75, 3.05) is 0 Å². The normalized spacial score (nSPS) is 18.3. The highest BCUT2D eigenvalue weighted by atomic mass is 127. The molecule has 6 nitrogen and oxygen atoms in total. The fourth-order valence-corrected chi connectivity index (χ4v) is 4.74. The van der Waals surface area contributed by atoms with Crippen LogP contribution in [0.4, 0.5) is 0 Å². The van der Waals surface area contributed by atoms with Crippen LogP contribution in [0.2, 0.25) is 0 Å². The zero-order valence-corrected chi connectivity index (χ0v) is 20.5. The molecule has 4 rings (SSSR count). The van der Waals surface area contributed by atoms with Crippen molar-refractivity contribution in [1.82, 2.24) is 14.2 Å². The molecule has 0 N–H and O–H groups in total. The quantitative estimate of drug-likeness (QED) is 0.344. The summed E-state index contributed by atoms with van der Waals surface area (Å²) in [7, 11) is 1.19. The van der Waals surface area contributed by atoms with Gasteiger partial charge in [-0.15, -0.1) is 10.2 Å². The first-order chi connectivity index (χ1) is 13.6. The Morgan fingerprint density at radius 1 is 1.14 bits per heavy atom. The molecule has 0 saturated carbocycles. The van der Waals surface area contributed by atoms with Gasteiger partial charge in [0.15, 0.2) is 0 Å². The Morgan fingerprint density at radius 3 is 2.45 bits per heavy atom. The monoisotopic (exact) mass is 525 g/mol. The molecule has 0 spiro atoms. The standard InChI is InChI=1S/C20H25BIN3O3S/c1-12(2)9-17-23-24-18(26-17)13-7-8-16-14(10-13)15(11-25(16)29-22)21-27-19(3,4)20(5,6)28-21/h7-8,10-12H,9H2,1-6H3. The minimum Gasteiger partial charge on any atom is -0.421 e. The van der Waals surface area contributed by atoms with Gasteiger partial charge in [-0.05, 0) is 51.8 Å². The zero-order chi connectivity index (χ0) is 21.0. The number of rotatable bonds is 5. The highest BCUT2D eigenvalue weighted by molar-refractivity contribution is 14.2. The summed E-state index contributed by atoms with van der Waals surface area (Å²) in [4.78, 5) is 0. The number of nitrogens with zero attached hydrogens (tertiary/aromatic N) is 3. The van der Waals surface area contributed by atoms with E-state index in [0.717, 1.165) is 28.4 Å². The number of hydrogen-bond donors (Lipinski definition) is 0. The fraction of sp³-hybridized carbons (Fsp3) is 0.500. The highest BCUT2D eigenvalue weighted by Gasteiger charge is 2.52. The molecule has 1 saturated heterocycles. The molecule has 2 aromatic heterocycles. The Balaban J connectivity index is 1.76. The van der Waals surface area contributed by atoms with Crippen LogP contribution < -0.4 is 5.46 Å². The van der Waals surface area contributed by atoms with Gasteiger partial charge < -0.3 is 13.7 Å². The third kappa shape index (κ3) is 3.86. The molecule has 1 aromatic carbocycles. The van der Waals surface area contributed by atoms with Crippen molar-refractivity contribution in [1.29, 1.82) is 0 Å². The van der Waals surface area contributed by atoms with Crippen molar-refractivity contribution in [2.45, 2.75) is 59.2 Å². The highest BCUT2D eigenvalue weighted by Crippen LogP contribution is 2.38. The average molecular weight is 525 g/mol. The molecule has 1 aliphatic rings. The molecule has 0 atom stereocenters. The summed E-state index contributed by atoms with van der Waals surface area (Å²) in [5.74, 6) is 1.68. The Labute approximate surface area is 188 Å². The van der Waals surface area contributed by atoms with Gasteiger partial charge in [0, 0.05) is 59.4 Å². The second kappa shape index (κ2) is 7.58. The first-order valence-electron chi connectivity index (χ1n) is 9.74. The van der Waals surface area contributed by atoms with Crippen LogP contribution >= 0.6 is 30.3 Å². The maximum atomic E-state index is 6.31. The van der Waals surface area contributed by atoms with Gasteiger partial charge in [-0.3, -0.25) is 3.97 Å². The van der Waals surface area contributed by atoms with E-state index in [-0.39, 0.29) is 11.2 Å². The molecule has 1 aliphatic heterocycles. The van der Waals surface area contributed by atoms with Crippen LogP contribution in [0.15, 0.2) is 28.8 Å². The van der Waals surface area contributed by atoms with E-state index < -0.39 is 7.12 Å². The van der Waals surface area contributed by atoms with E-state index in [1.807, 2.05) is 6.07 Å². The molecule has 9 heteroatoms. The first-order valence-corrected chi connectivity index (χ1v) is 13.1. The maximum absolute atomic E-state index is 6.31. The largest absolute Gasteiger partial charge is 0.497 e. The Morgan fingerprint density at radius 2 is 1.83 bits per heavy atom. The number of aromatic nitrogens is 3. The van der Waals surface area contributed by atoms with Gasteiger partial charge in [-0.25, -0.2) is 0 Å². The predicted molar refractivity (Wildman–Crippen MR) is 126 cm³/mol. The topological polar surface area (TPSA) is 62.3 Å². The minimum absolute atomic E-state index is 0.389. The summed E-state index contributed by atoms with van der Waals surface area (Å²) in [6, 6.07) is 6.19. The van der Waals surface area contributed by atoms with E-state index in [1.54, 1.807) is 9.12 Å². The van der Waals surface area contributed by atoms with Crippen LogP contribution in [0.5, 0.6) is 0 Å².